The Labute approximate surface area is 144 Å². The van der Waals surface area contributed by atoms with Gasteiger partial charge in [-0.2, -0.15) is 0 Å². The number of aromatic amines is 1. The van der Waals surface area contributed by atoms with Crippen LogP contribution in [-0.2, 0) is 11.3 Å². The molecule has 1 aliphatic heterocycles. The smallest absolute Gasteiger partial charge is 0.348 e. The van der Waals surface area contributed by atoms with E-state index in [1.165, 1.54) is 29.1 Å². The number of ether oxygens (including phenoxy) is 1. The molecule has 3 rings (SSSR count). The molecular formula is C17H24N3O3S+. The number of carbonyl (C=O) groups excluding carboxylic acids is 1. The zero-order valence-corrected chi connectivity index (χ0v) is 15.2. The number of carbonyl (C=O) groups is 1. The van der Waals surface area contributed by atoms with E-state index in [0.717, 1.165) is 25.6 Å². The van der Waals surface area contributed by atoms with E-state index >= 15 is 0 Å². The van der Waals surface area contributed by atoms with Crippen molar-refractivity contribution in [3.8, 4) is 0 Å². The fraction of sp³-hybridized carbons (Fsp3) is 0.588. The van der Waals surface area contributed by atoms with Gasteiger partial charge in [0, 0.05) is 0 Å². The number of aromatic nitrogens is 2. The number of hydrogen-bond acceptors (Lipinski definition) is 5. The molecule has 7 heteroatoms. The molecule has 0 radical (unpaired) electrons. The number of likely N-dealkylation sites (tertiary alicyclic amines) is 1. The first-order valence-corrected chi connectivity index (χ1v) is 9.34. The summed E-state index contributed by atoms with van der Waals surface area (Å²) < 4.78 is 5.07. The second-order valence-corrected chi connectivity index (χ2v) is 7.58. The molecule has 0 aromatic carbocycles. The number of thiophene rings is 1. The molecule has 24 heavy (non-hydrogen) atoms. The fourth-order valence-corrected chi connectivity index (χ4v) is 4.34. The van der Waals surface area contributed by atoms with Crippen molar-refractivity contribution in [3.05, 3.63) is 26.6 Å². The maximum atomic E-state index is 12.5. The summed E-state index contributed by atoms with van der Waals surface area (Å²) in [6.45, 7) is 9.10. The second-order valence-electron chi connectivity index (χ2n) is 6.58. The minimum atomic E-state index is -0.380. The summed E-state index contributed by atoms with van der Waals surface area (Å²) in [5.74, 6) is 1.11. The Hall–Kier alpha value is -1.73. The molecule has 0 spiro atoms. The highest BCUT2D eigenvalue weighted by Gasteiger charge is 2.23. The van der Waals surface area contributed by atoms with Crippen molar-refractivity contribution in [1.29, 1.82) is 0 Å². The third-order valence-electron chi connectivity index (χ3n) is 4.71. The summed E-state index contributed by atoms with van der Waals surface area (Å²) in [6.07, 6.45) is 2.43. The van der Waals surface area contributed by atoms with Gasteiger partial charge in [0.1, 0.15) is 16.3 Å². The lowest BCUT2D eigenvalue weighted by atomic mass is 9.99. The molecule has 1 saturated heterocycles. The van der Waals surface area contributed by atoms with Crippen LogP contribution in [0.2, 0.25) is 0 Å². The summed E-state index contributed by atoms with van der Waals surface area (Å²) in [5.41, 5.74) is 0.497. The largest absolute Gasteiger partial charge is 0.462 e. The Morgan fingerprint density at radius 1 is 1.42 bits per heavy atom. The summed E-state index contributed by atoms with van der Waals surface area (Å²) in [5, 5.41) is 0.508. The van der Waals surface area contributed by atoms with Crippen molar-refractivity contribution in [3.63, 3.8) is 0 Å². The molecule has 2 aromatic heterocycles. The lowest BCUT2D eigenvalue weighted by Crippen LogP contribution is -3.11. The minimum absolute atomic E-state index is 0.163. The summed E-state index contributed by atoms with van der Waals surface area (Å²) in [6, 6.07) is 0. The molecular weight excluding hydrogens is 326 g/mol. The van der Waals surface area contributed by atoms with E-state index < -0.39 is 0 Å². The fourth-order valence-electron chi connectivity index (χ4n) is 3.25. The van der Waals surface area contributed by atoms with Crippen LogP contribution in [-0.4, -0.2) is 35.6 Å². The summed E-state index contributed by atoms with van der Waals surface area (Å²) >= 11 is 1.25. The quantitative estimate of drug-likeness (QED) is 0.815. The van der Waals surface area contributed by atoms with Gasteiger partial charge in [-0.3, -0.25) is 4.79 Å². The standard InChI is InChI=1S/C17H23N3O3S/c1-4-23-17(22)14-11(3)13-15(21)18-12(19-16(13)24-14)9-20-7-5-10(2)6-8-20/h10H,4-9H2,1-3H3,(H,18,19,21)/p+1. The lowest BCUT2D eigenvalue weighted by molar-refractivity contribution is -0.920. The van der Waals surface area contributed by atoms with Crippen molar-refractivity contribution in [2.45, 2.75) is 40.2 Å². The summed E-state index contributed by atoms with van der Waals surface area (Å²) in [4.78, 5) is 34.5. The van der Waals surface area contributed by atoms with E-state index in [2.05, 4.69) is 16.9 Å². The Morgan fingerprint density at radius 2 is 2.12 bits per heavy atom. The van der Waals surface area contributed by atoms with Gasteiger partial charge in [0.25, 0.3) is 5.56 Å². The lowest BCUT2D eigenvalue weighted by Gasteiger charge is -2.26. The van der Waals surface area contributed by atoms with Crippen molar-refractivity contribution in [1.82, 2.24) is 9.97 Å². The molecule has 1 fully saturated rings. The van der Waals surface area contributed by atoms with Crippen LogP contribution in [0, 0.1) is 12.8 Å². The van der Waals surface area contributed by atoms with Crippen LogP contribution >= 0.6 is 11.3 Å². The number of nitrogens with zero attached hydrogens (tertiary/aromatic N) is 1. The molecule has 2 N–H and O–H groups in total. The number of nitrogens with one attached hydrogen (secondary N) is 2. The normalized spacial score (nSPS) is 21.1. The predicted molar refractivity (Wildman–Crippen MR) is 93.7 cm³/mol. The topological polar surface area (TPSA) is 76.5 Å². The first kappa shape index (κ1) is 17.1. The summed E-state index contributed by atoms with van der Waals surface area (Å²) in [7, 11) is 0. The van der Waals surface area contributed by atoms with E-state index in [1.54, 1.807) is 13.8 Å². The number of esters is 1. The Bertz CT molecular complexity index is 803. The number of H-pyrrole nitrogens is 1. The van der Waals surface area contributed by atoms with Crippen molar-refractivity contribution < 1.29 is 14.4 Å². The number of aryl methyl sites for hydroxylation is 1. The van der Waals surface area contributed by atoms with Gasteiger partial charge in [0.2, 0.25) is 0 Å². The molecule has 0 saturated carbocycles. The number of rotatable bonds is 4. The third-order valence-corrected chi connectivity index (χ3v) is 5.87. The van der Waals surface area contributed by atoms with Crippen LogP contribution in [0.5, 0.6) is 0 Å². The molecule has 130 valence electrons. The Morgan fingerprint density at radius 3 is 2.79 bits per heavy atom. The maximum Gasteiger partial charge on any atom is 0.348 e. The van der Waals surface area contributed by atoms with Gasteiger partial charge >= 0.3 is 5.97 Å². The molecule has 0 bridgehead atoms. The van der Waals surface area contributed by atoms with Crippen LogP contribution < -0.4 is 10.5 Å². The highest BCUT2D eigenvalue weighted by molar-refractivity contribution is 7.20. The van der Waals surface area contributed by atoms with E-state index in [0.29, 0.717) is 33.1 Å². The zero-order chi connectivity index (χ0) is 17.3. The molecule has 0 atom stereocenters. The second kappa shape index (κ2) is 7.03. The average Bonchev–Trinajstić information content (AvgIpc) is 2.87. The molecule has 6 nitrogen and oxygen atoms in total. The van der Waals surface area contributed by atoms with Crippen LogP contribution in [0.4, 0.5) is 0 Å². The van der Waals surface area contributed by atoms with E-state index in [4.69, 9.17) is 4.74 Å². The van der Waals surface area contributed by atoms with Crippen molar-refractivity contribution >= 4 is 27.5 Å². The minimum Gasteiger partial charge on any atom is -0.462 e. The van der Waals surface area contributed by atoms with Crippen LogP contribution in [0.25, 0.3) is 10.2 Å². The number of hydrogen-bond donors (Lipinski definition) is 2. The van der Waals surface area contributed by atoms with Gasteiger partial charge in [0.05, 0.1) is 25.1 Å². The van der Waals surface area contributed by atoms with E-state index in [1.807, 2.05) is 0 Å². The van der Waals surface area contributed by atoms with Gasteiger partial charge in [0.15, 0.2) is 5.82 Å². The monoisotopic (exact) mass is 350 g/mol. The highest BCUT2D eigenvalue weighted by Crippen LogP contribution is 2.27. The van der Waals surface area contributed by atoms with Gasteiger partial charge in [-0.15, -0.1) is 11.3 Å². The Kier molecular flexibility index (Phi) is 5.01. The van der Waals surface area contributed by atoms with Crippen LogP contribution in [0.3, 0.4) is 0 Å². The van der Waals surface area contributed by atoms with E-state index in [-0.39, 0.29) is 11.5 Å². The zero-order valence-electron chi connectivity index (χ0n) is 14.4. The van der Waals surface area contributed by atoms with Gasteiger partial charge in [-0.1, -0.05) is 6.92 Å². The third kappa shape index (κ3) is 3.37. The SMILES string of the molecule is CCOC(=O)c1sc2nc(C[NH+]3CCC(C)CC3)[nH]c(=O)c2c1C. The predicted octanol–water partition coefficient (Wildman–Crippen LogP) is 1.28. The van der Waals surface area contributed by atoms with Gasteiger partial charge in [-0.25, -0.2) is 9.78 Å². The first-order valence-electron chi connectivity index (χ1n) is 8.52. The number of fused-ring (bicyclic) bond motifs is 1. The van der Waals surface area contributed by atoms with Crippen LogP contribution in [0.1, 0.15) is 47.7 Å². The van der Waals surface area contributed by atoms with E-state index in [9.17, 15) is 9.59 Å². The molecule has 0 unspecified atom stereocenters. The van der Waals surface area contributed by atoms with Crippen LogP contribution in [0.15, 0.2) is 4.79 Å². The van der Waals surface area contributed by atoms with Crippen molar-refractivity contribution in [2.75, 3.05) is 19.7 Å². The first-order chi connectivity index (χ1) is 11.5. The highest BCUT2D eigenvalue weighted by atomic mass is 32.1. The molecule has 3 heterocycles. The van der Waals surface area contributed by atoms with Crippen molar-refractivity contribution in [2.24, 2.45) is 5.92 Å². The van der Waals surface area contributed by atoms with Gasteiger partial charge < -0.3 is 14.6 Å². The molecule has 0 amide bonds. The number of quaternary nitrogens is 1. The molecule has 2 aromatic rings. The maximum absolute atomic E-state index is 12.5. The average molecular weight is 350 g/mol. The molecule has 0 aliphatic carbocycles. The molecule has 1 aliphatic rings. The Balaban J connectivity index is 1.89. The van der Waals surface area contributed by atoms with Gasteiger partial charge in [-0.05, 0) is 38.2 Å². The number of piperidine rings is 1.